The Labute approximate surface area is 206 Å². The van der Waals surface area contributed by atoms with Gasteiger partial charge in [0.2, 0.25) is 5.91 Å². The van der Waals surface area contributed by atoms with Gasteiger partial charge in [-0.05, 0) is 49.7 Å². The highest BCUT2D eigenvalue weighted by molar-refractivity contribution is 8.00. The lowest BCUT2D eigenvalue weighted by atomic mass is 10.1. The predicted octanol–water partition coefficient (Wildman–Crippen LogP) is 3.84. The summed E-state index contributed by atoms with van der Waals surface area (Å²) in [6.07, 6.45) is 0.858. The van der Waals surface area contributed by atoms with E-state index in [-0.39, 0.29) is 11.2 Å². The summed E-state index contributed by atoms with van der Waals surface area (Å²) >= 11 is 1.50. The van der Waals surface area contributed by atoms with E-state index in [0.29, 0.717) is 0 Å². The van der Waals surface area contributed by atoms with E-state index in [0.717, 1.165) is 68.0 Å². The molecule has 4 rings (SSSR count). The van der Waals surface area contributed by atoms with Crippen LogP contribution < -0.4 is 4.74 Å². The molecule has 1 aliphatic heterocycles. The van der Waals surface area contributed by atoms with Gasteiger partial charge in [-0.25, -0.2) is 0 Å². The number of piperazine rings is 1. The van der Waals surface area contributed by atoms with Crippen molar-refractivity contribution in [2.45, 2.75) is 37.2 Å². The summed E-state index contributed by atoms with van der Waals surface area (Å²) in [5, 5.41) is 9.57. The molecule has 3 aromatic rings. The zero-order chi connectivity index (χ0) is 23.9. The molecule has 0 radical (unpaired) electrons. The van der Waals surface area contributed by atoms with E-state index in [4.69, 9.17) is 4.74 Å². The van der Waals surface area contributed by atoms with Crippen LogP contribution in [0.4, 0.5) is 0 Å². The van der Waals surface area contributed by atoms with Gasteiger partial charge in [0, 0.05) is 38.3 Å². The number of ether oxygens (including phenoxy) is 1. The van der Waals surface area contributed by atoms with Crippen molar-refractivity contribution in [1.29, 1.82) is 0 Å². The third-order valence-corrected chi connectivity index (χ3v) is 7.36. The number of aromatic nitrogens is 3. The van der Waals surface area contributed by atoms with Crippen LogP contribution in [0.15, 0.2) is 59.8 Å². The maximum absolute atomic E-state index is 13.2. The molecule has 8 heteroatoms. The van der Waals surface area contributed by atoms with Gasteiger partial charge < -0.3 is 19.1 Å². The van der Waals surface area contributed by atoms with E-state index in [1.807, 2.05) is 42.2 Å². The molecule has 1 amide bonds. The topological polar surface area (TPSA) is 63.5 Å². The molecule has 1 aliphatic rings. The van der Waals surface area contributed by atoms with Gasteiger partial charge in [-0.3, -0.25) is 4.79 Å². The minimum Gasteiger partial charge on any atom is -0.497 e. The third-order valence-electron chi connectivity index (χ3n) is 6.29. The molecular weight excluding hydrogens is 446 g/mol. The summed E-state index contributed by atoms with van der Waals surface area (Å²) in [7, 11) is 1.66. The number of likely N-dealkylation sites (N-methyl/N-ethyl adjacent to an activating group) is 1. The number of hydrogen-bond acceptors (Lipinski definition) is 6. The van der Waals surface area contributed by atoms with Crippen LogP contribution in [0.1, 0.15) is 19.4 Å². The van der Waals surface area contributed by atoms with Crippen LogP contribution in [0.5, 0.6) is 5.75 Å². The smallest absolute Gasteiger partial charge is 0.235 e. The van der Waals surface area contributed by atoms with Gasteiger partial charge in [0.1, 0.15) is 5.75 Å². The second-order valence-corrected chi connectivity index (χ2v) is 9.75. The first-order valence-electron chi connectivity index (χ1n) is 11.9. The van der Waals surface area contributed by atoms with E-state index in [1.54, 1.807) is 7.11 Å². The first kappa shape index (κ1) is 24.3. The summed E-state index contributed by atoms with van der Waals surface area (Å²) in [6, 6.07) is 18.3. The summed E-state index contributed by atoms with van der Waals surface area (Å²) in [5.41, 5.74) is 2.23. The predicted molar refractivity (Wildman–Crippen MR) is 136 cm³/mol. The molecule has 1 atom stereocenters. The summed E-state index contributed by atoms with van der Waals surface area (Å²) < 4.78 is 7.44. The number of benzene rings is 2. The zero-order valence-electron chi connectivity index (χ0n) is 20.2. The Morgan fingerprint density at radius 3 is 2.38 bits per heavy atom. The zero-order valence-corrected chi connectivity index (χ0v) is 21.0. The molecule has 1 aromatic heterocycles. The van der Waals surface area contributed by atoms with Crippen molar-refractivity contribution in [1.82, 2.24) is 24.6 Å². The average molecular weight is 480 g/mol. The Morgan fingerprint density at radius 2 is 1.74 bits per heavy atom. The second kappa shape index (κ2) is 11.5. The number of thioether (sulfide) groups is 1. The molecule has 0 N–H and O–H groups in total. The maximum Gasteiger partial charge on any atom is 0.235 e. The first-order valence-corrected chi connectivity index (χ1v) is 12.8. The number of nitrogens with zero attached hydrogens (tertiary/aromatic N) is 5. The van der Waals surface area contributed by atoms with Gasteiger partial charge in [-0.2, -0.15) is 0 Å². The number of aryl methyl sites for hydroxylation is 1. The van der Waals surface area contributed by atoms with Crippen LogP contribution in [0.2, 0.25) is 0 Å². The molecule has 34 heavy (non-hydrogen) atoms. The lowest BCUT2D eigenvalue weighted by Crippen LogP contribution is -2.50. The number of rotatable bonds is 9. The normalized spacial score (nSPS) is 15.3. The van der Waals surface area contributed by atoms with Crippen LogP contribution in [0.3, 0.4) is 0 Å². The van der Waals surface area contributed by atoms with Gasteiger partial charge in [-0.1, -0.05) is 49.0 Å². The van der Waals surface area contributed by atoms with Gasteiger partial charge in [0.05, 0.1) is 12.4 Å². The first-order chi connectivity index (χ1) is 16.6. The number of amides is 1. The average Bonchev–Trinajstić information content (AvgIpc) is 3.29. The summed E-state index contributed by atoms with van der Waals surface area (Å²) in [6.45, 7) is 9.36. The van der Waals surface area contributed by atoms with E-state index in [9.17, 15) is 4.79 Å². The minimum atomic E-state index is -0.225. The fourth-order valence-electron chi connectivity index (χ4n) is 4.17. The van der Waals surface area contributed by atoms with Crippen molar-refractivity contribution in [3.63, 3.8) is 0 Å². The van der Waals surface area contributed by atoms with Crippen LogP contribution in [-0.2, 0) is 17.8 Å². The Morgan fingerprint density at radius 1 is 1.03 bits per heavy atom. The second-order valence-electron chi connectivity index (χ2n) is 8.44. The fraction of sp³-hybridized carbons (Fsp3) is 0.423. The van der Waals surface area contributed by atoms with Gasteiger partial charge >= 0.3 is 0 Å². The molecule has 7 nitrogen and oxygen atoms in total. The molecule has 1 fully saturated rings. The lowest BCUT2D eigenvalue weighted by molar-refractivity contribution is -0.132. The van der Waals surface area contributed by atoms with Gasteiger partial charge in [-0.15, -0.1) is 10.2 Å². The third kappa shape index (κ3) is 5.80. The highest BCUT2D eigenvalue weighted by Gasteiger charge is 2.27. The molecule has 1 saturated heterocycles. The van der Waals surface area contributed by atoms with Crippen molar-refractivity contribution in [2.75, 3.05) is 39.8 Å². The van der Waals surface area contributed by atoms with Crippen molar-refractivity contribution in [3.8, 4) is 17.1 Å². The molecule has 0 bridgehead atoms. The van der Waals surface area contributed by atoms with Crippen LogP contribution in [0, 0.1) is 0 Å². The highest BCUT2D eigenvalue weighted by Crippen LogP contribution is 2.29. The van der Waals surface area contributed by atoms with E-state index in [1.165, 1.54) is 17.3 Å². The van der Waals surface area contributed by atoms with Crippen molar-refractivity contribution in [2.24, 2.45) is 0 Å². The molecule has 0 aliphatic carbocycles. The molecule has 180 valence electrons. The Balaban J connectivity index is 1.53. The monoisotopic (exact) mass is 479 g/mol. The summed E-state index contributed by atoms with van der Waals surface area (Å²) in [5.74, 6) is 1.78. The lowest BCUT2D eigenvalue weighted by Gasteiger charge is -2.35. The minimum absolute atomic E-state index is 0.171. The van der Waals surface area contributed by atoms with E-state index < -0.39 is 0 Å². The quantitative estimate of drug-likeness (QED) is 0.435. The largest absolute Gasteiger partial charge is 0.497 e. The highest BCUT2D eigenvalue weighted by atomic mass is 32.2. The summed E-state index contributed by atoms with van der Waals surface area (Å²) in [4.78, 5) is 17.5. The van der Waals surface area contributed by atoms with Crippen LogP contribution in [0.25, 0.3) is 11.4 Å². The fourth-order valence-corrected chi connectivity index (χ4v) is 5.13. The molecular formula is C26H33N5O2S. The number of hydrogen-bond donors (Lipinski definition) is 0. The molecule has 0 spiro atoms. The number of carbonyl (C=O) groups excluding carboxylic acids is 1. The van der Waals surface area contributed by atoms with Gasteiger partial charge in [0.25, 0.3) is 0 Å². The molecule has 1 unspecified atom stereocenters. The molecule has 0 saturated carbocycles. The van der Waals surface area contributed by atoms with E-state index >= 15 is 0 Å². The number of methoxy groups -OCH3 is 1. The Kier molecular flexibility index (Phi) is 8.24. The molecule has 2 heterocycles. The van der Waals surface area contributed by atoms with Gasteiger partial charge in [0.15, 0.2) is 11.0 Å². The molecule has 2 aromatic carbocycles. The van der Waals surface area contributed by atoms with Crippen LogP contribution >= 0.6 is 11.8 Å². The van der Waals surface area contributed by atoms with Crippen molar-refractivity contribution < 1.29 is 9.53 Å². The Hall–Kier alpha value is -2.84. The Bertz CT molecular complexity index is 1060. The SMILES string of the molecule is CCN1CCN(C(=O)C(C)Sc2nnc(-c3ccc(OC)cc3)n2CCc2ccccc2)CC1. The van der Waals surface area contributed by atoms with E-state index in [2.05, 4.69) is 50.9 Å². The van der Waals surface area contributed by atoms with Crippen molar-refractivity contribution >= 4 is 17.7 Å². The maximum atomic E-state index is 13.2. The standard InChI is InChI=1S/C26H33N5O2S/c1-4-29-16-18-30(19-17-29)25(32)20(2)34-26-28-27-24(22-10-12-23(33-3)13-11-22)31(26)15-14-21-8-6-5-7-9-21/h5-13,20H,4,14-19H2,1-3H3. The number of carbonyl (C=O) groups is 1. The van der Waals surface area contributed by atoms with Crippen LogP contribution in [-0.4, -0.2) is 75.6 Å². The van der Waals surface area contributed by atoms with Crippen molar-refractivity contribution in [3.05, 3.63) is 60.2 Å².